The van der Waals surface area contributed by atoms with Crippen LogP contribution in [0.3, 0.4) is 0 Å². The van der Waals surface area contributed by atoms with Gasteiger partial charge >= 0.3 is 0 Å². The number of rotatable bonds is 4. The minimum atomic E-state index is -0.0296. The van der Waals surface area contributed by atoms with Crippen molar-refractivity contribution in [3.05, 3.63) is 27.9 Å². The smallest absolute Gasteiger partial charge is 0.251 e. The first-order chi connectivity index (χ1) is 8.15. The summed E-state index contributed by atoms with van der Waals surface area (Å²) >= 11 is 0. The zero-order valence-corrected chi connectivity index (χ0v) is 10.6. The molecule has 1 aromatic heterocycles. The Bertz CT molecular complexity index is 419. The molecular formula is C13H21N3O. The standard InChI is InChI=1S/C13H21N3O/c1-9(2)13-15-11(8-12(17)16-13)6-5-10-4-3-7-14-10/h8-10,14H,3-7H2,1-2H3,(H,15,16,17). The minimum absolute atomic E-state index is 0.0296. The molecule has 1 aliphatic rings. The van der Waals surface area contributed by atoms with Gasteiger partial charge in [0.15, 0.2) is 0 Å². The number of aryl methyl sites for hydroxylation is 1. The lowest BCUT2D eigenvalue weighted by atomic mass is 10.1. The second-order valence-corrected chi connectivity index (χ2v) is 5.11. The third-order valence-electron chi connectivity index (χ3n) is 3.27. The van der Waals surface area contributed by atoms with E-state index in [4.69, 9.17) is 0 Å². The maximum Gasteiger partial charge on any atom is 0.251 e. The van der Waals surface area contributed by atoms with Crippen molar-refractivity contribution in [2.45, 2.75) is 51.5 Å². The van der Waals surface area contributed by atoms with Crippen molar-refractivity contribution in [1.82, 2.24) is 15.3 Å². The lowest BCUT2D eigenvalue weighted by Crippen LogP contribution is -2.22. The molecule has 0 amide bonds. The number of H-pyrrole nitrogens is 1. The van der Waals surface area contributed by atoms with E-state index in [9.17, 15) is 4.79 Å². The van der Waals surface area contributed by atoms with Gasteiger partial charge in [0.2, 0.25) is 0 Å². The van der Waals surface area contributed by atoms with Gasteiger partial charge in [0.05, 0.1) is 0 Å². The van der Waals surface area contributed by atoms with Gasteiger partial charge < -0.3 is 10.3 Å². The van der Waals surface area contributed by atoms with Crippen LogP contribution in [-0.2, 0) is 6.42 Å². The van der Waals surface area contributed by atoms with Gasteiger partial charge in [-0.3, -0.25) is 4.79 Å². The van der Waals surface area contributed by atoms with E-state index in [0.29, 0.717) is 6.04 Å². The molecule has 2 N–H and O–H groups in total. The molecule has 2 rings (SSSR count). The van der Waals surface area contributed by atoms with Crippen molar-refractivity contribution in [2.75, 3.05) is 6.54 Å². The second kappa shape index (κ2) is 5.45. The highest BCUT2D eigenvalue weighted by Gasteiger charge is 2.14. The molecule has 0 spiro atoms. The Labute approximate surface area is 102 Å². The van der Waals surface area contributed by atoms with Crippen LogP contribution in [0.25, 0.3) is 0 Å². The minimum Gasteiger partial charge on any atom is -0.314 e. The molecule has 1 saturated heterocycles. The van der Waals surface area contributed by atoms with Crippen LogP contribution >= 0.6 is 0 Å². The quantitative estimate of drug-likeness (QED) is 0.833. The van der Waals surface area contributed by atoms with E-state index in [1.165, 1.54) is 12.8 Å². The van der Waals surface area contributed by atoms with E-state index in [0.717, 1.165) is 30.9 Å². The topological polar surface area (TPSA) is 57.8 Å². The average molecular weight is 235 g/mol. The van der Waals surface area contributed by atoms with Crippen LogP contribution in [0.2, 0.25) is 0 Å². The van der Waals surface area contributed by atoms with E-state index in [1.54, 1.807) is 6.07 Å². The number of hydrogen-bond acceptors (Lipinski definition) is 3. The summed E-state index contributed by atoms with van der Waals surface area (Å²) in [5.41, 5.74) is 0.893. The summed E-state index contributed by atoms with van der Waals surface area (Å²) in [7, 11) is 0. The van der Waals surface area contributed by atoms with Gasteiger partial charge in [0.25, 0.3) is 5.56 Å². The lowest BCUT2D eigenvalue weighted by molar-refractivity contribution is 0.553. The number of hydrogen-bond donors (Lipinski definition) is 2. The van der Waals surface area contributed by atoms with E-state index in [2.05, 4.69) is 15.3 Å². The summed E-state index contributed by atoms with van der Waals surface area (Å²) in [5.74, 6) is 1.07. The SMILES string of the molecule is CC(C)c1nc(CCC2CCCN2)cc(=O)[nH]1. The van der Waals surface area contributed by atoms with Crippen molar-refractivity contribution < 1.29 is 0 Å². The second-order valence-electron chi connectivity index (χ2n) is 5.11. The Morgan fingerprint density at radius 3 is 3.00 bits per heavy atom. The molecule has 1 atom stereocenters. The molecule has 0 saturated carbocycles. The Morgan fingerprint density at radius 2 is 2.35 bits per heavy atom. The molecule has 0 radical (unpaired) electrons. The van der Waals surface area contributed by atoms with Crippen LogP contribution < -0.4 is 10.9 Å². The van der Waals surface area contributed by atoms with Crippen LogP contribution in [0.15, 0.2) is 10.9 Å². The first kappa shape index (κ1) is 12.3. The summed E-state index contributed by atoms with van der Waals surface area (Å²) < 4.78 is 0. The Hall–Kier alpha value is -1.16. The molecule has 94 valence electrons. The number of nitrogens with one attached hydrogen (secondary N) is 2. The monoisotopic (exact) mass is 235 g/mol. The molecule has 1 unspecified atom stereocenters. The highest BCUT2D eigenvalue weighted by molar-refractivity contribution is 5.05. The van der Waals surface area contributed by atoms with Crippen molar-refractivity contribution in [3.63, 3.8) is 0 Å². The number of aromatic amines is 1. The molecule has 1 aliphatic heterocycles. The van der Waals surface area contributed by atoms with Gasteiger partial charge in [-0.05, 0) is 32.2 Å². The Kier molecular flexibility index (Phi) is 3.94. The molecule has 1 fully saturated rings. The van der Waals surface area contributed by atoms with Crippen molar-refractivity contribution >= 4 is 0 Å². The fourth-order valence-electron chi connectivity index (χ4n) is 2.26. The Balaban J connectivity index is 2.02. The van der Waals surface area contributed by atoms with Crippen LogP contribution in [0.1, 0.15) is 50.5 Å². The molecule has 1 aromatic rings. The van der Waals surface area contributed by atoms with Gasteiger partial charge in [-0.25, -0.2) is 4.98 Å². The Morgan fingerprint density at radius 1 is 1.53 bits per heavy atom. The first-order valence-corrected chi connectivity index (χ1v) is 6.48. The van der Waals surface area contributed by atoms with Gasteiger partial charge in [-0.2, -0.15) is 0 Å². The lowest BCUT2D eigenvalue weighted by Gasteiger charge is -2.10. The average Bonchev–Trinajstić information content (AvgIpc) is 2.78. The van der Waals surface area contributed by atoms with E-state index in [1.807, 2.05) is 13.8 Å². The maximum absolute atomic E-state index is 11.5. The van der Waals surface area contributed by atoms with Crippen LogP contribution in [0.5, 0.6) is 0 Å². The van der Waals surface area contributed by atoms with Gasteiger partial charge in [-0.1, -0.05) is 13.8 Å². The fraction of sp³-hybridized carbons (Fsp3) is 0.692. The third-order valence-corrected chi connectivity index (χ3v) is 3.27. The normalized spacial score (nSPS) is 20.1. The summed E-state index contributed by atoms with van der Waals surface area (Å²) in [4.78, 5) is 18.8. The van der Waals surface area contributed by atoms with Gasteiger partial charge in [-0.15, -0.1) is 0 Å². The molecule has 0 bridgehead atoms. The molecule has 0 aromatic carbocycles. The van der Waals surface area contributed by atoms with Crippen molar-refractivity contribution in [1.29, 1.82) is 0 Å². The summed E-state index contributed by atoms with van der Waals surface area (Å²) in [6.45, 7) is 5.21. The number of nitrogens with zero attached hydrogens (tertiary/aromatic N) is 1. The van der Waals surface area contributed by atoms with Gasteiger partial charge in [0, 0.05) is 23.7 Å². The predicted molar refractivity (Wildman–Crippen MR) is 68.3 cm³/mol. The largest absolute Gasteiger partial charge is 0.314 e. The predicted octanol–water partition coefficient (Wildman–Crippen LogP) is 1.58. The van der Waals surface area contributed by atoms with E-state index < -0.39 is 0 Å². The first-order valence-electron chi connectivity index (χ1n) is 6.48. The van der Waals surface area contributed by atoms with Crippen LogP contribution in [0, 0.1) is 0 Å². The third kappa shape index (κ3) is 3.40. The van der Waals surface area contributed by atoms with E-state index >= 15 is 0 Å². The highest BCUT2D eigenvalue weighted by Crippen LogP contribution is 2.12. The van der Waals surface area contributed by atoms with E-state index in [-0.39, 0.29) is 11.5 Å². The fourth-order valence-corrected chi connectivity index (χ4v) is 2.26. The summed E-state index contributed by atoms with van der Waals surface area (Å²) in [5, 5.41) is 3.47. The van der Waals surface area contributed by atoms with Crippen LogP contribution in [0.4, 0.5) is 0 Å². The summed E-state index contributed by atoms with van der Waals surface area (Å²) in [6.07, 6.45) is 4.49. The molecule has 4 nitrogen and oxygen atoms in total. The maximum atomic E-state index is 11.5. The van der Waals surface area contributed by atoms with Crippen molar-refractivity contribution in [3.8, 4) is 0 Å². The molecular weight excluding hydrogens is 214 g/mol. The summed E-state index contributed by atoms with van der Waals surface area (Å²) in [6, 6.07) is 2.24. The molecule has 2 heterocycles. The molecule has 17 heavy (non-hydrogen) atoms. The van der Waals surface area contributed by atoms with Crippen molar-refractivity contribution in [2.24, 2.45) is 0 Å². The number of aromatic nitrogens is 2. The molecule has 0 aliphatic carbocycles. The zero-order chi connectivity index (χ0) is 12.3. The van der Waals surface area contributed by atoms with Crippen LogP contribution in [-0.4, -0.2) is 22.6 Å². The van der Waals surface area contributed by atoms with Gasteiger partial charge in [0.1, 0.15) is 5.82 Å². The highest BCUT2D eigenvalue weighted by atomic mass is 16.1. The zero-order valence-electron chi connectivity index (χ0n) is 10.6. The molecule has 4 heteroatoms.